The summed E-state index contributed by atoms with van der Waals surface area (Å²) < 4.78 is 14.9. The van der Waals surface area contributed by atoms with E-state index in [0.717, 1.165) is 42.6 Å². The first-order valence-electron chi connectivity index (χ1n) is 8.90. The van der Waals surface area contributed by atoms with E-state index in [9.17, 15) is 14.0 Å². The minimum Gasteiger partial charge on any atom is -0.352 e. The molecule has 1 aromatic heterocycles. The zero-order valence-corrected chi connectivity index (χ0v) is 15.0. The Bertz CT molecular complexity index is 812. The standard InChI is InChI=1S/C19H23FN4O2/c1-12(2)22-17(25)11-21-19(26)18-15-5-3-4-6-16(15)24(23-18)14-9-7-13(20)8-10-14/h7-10,12H,3-6,11H2,1-2H3,(H,21,26)(H,22,25). The van der Waals surface area contributed by atoms with Crippen LogP contribution in [0.2, 0.25) is 0 Å². The van der Waals surface area contributed by atoms with Gasteiger partial charge in [-0.15, -0.1) is 0 Å². The van der Waals surface area contributed by atoms with Gasteiger partial charge in [0.2, 0.25) is 5.91 Å². The minimum atomic E-state index is -0.358. The zero-order chi connectivity index (χ0) is 18.7. The first kappa shape index (κ1) is 18.1. The summed E-state index contributed by atoms with van der Waals surface area (Å²) in [4.78, 5) is 24.3. The monoisotopic (exact) mass is 358 g/mol. The Labute approximate surface area is 151 Å². The number of amides is 2. The number of nitrogens with one attached hydrogen (secondary N) is 2. The number of halogens is 1. The summed E-state index contributed by atoms with van der Waals surface area (Å²) >= 11 is 0. The molecule has 1 aliphatic rings. The van der Waals surface area contributed by atoms with E-state index in [1.165, 1.54) is 12.1 Å². The Kier molecular flexibility index (Phi) is 5.35. The van der Waals surface area contributed by atoms with Gasteiger partial charge in [0.15, 0.2) is 5.69 Å². The van der Waals surface area contributed by atoms with Crippen LogP contribution in [0.3, 0.4) is 0 Å². The molecule has 2 N–H and O–H groups in total. The van der Waals surface area contributed by atoms with Crippen molar-refractivity contribution in [3.05, 3.63) is 47.0 Å². The van der Waals surface area contributed by atoms with Gasteiger partial charge in [-0.25, -0.2) is 9.07 Å². The zero-order valence-electron chi connectivity index (χ0n) is 15.0. The first-order chi connectivity index (χ1) is 12.5. The maximum atomic E-state index is 13.2. The second kappa shape index (κ2) is 7.68. The van der Waals surface area contributed by atoms with E-state index >= 15 is 0 Å². The Hall–Kier alpha value is -2.70. The van der Waals surface area contributed by atoms with Gasteiger partial charge in [0.25, 0.3) is 5.91 Å². The number of carbonyl (C=O) groups excluding carboxylic acids is 2. The number of carbonyl (C=O) groups is 2. The highest BCUT2D eigenvalue weighted by Gasteiger charge is 2.25. The second-order valence-corrected chi connectivity index (χ2v) is 6.77. The summed E-state index contributed by atoms with van der Waals surface area (Å²) in [5.74, 6) is -0.910. The molecule has 0 spiro atoms. The first-order valence-corrected chi connectivity index (χ1v) is 8.90. The minimum absolute atomic E-state index is 0.0184. The Morgan fingerprint density at radius 3 is 2.58 bits per heavy atom. The van der Waals surface area contributed by atoms with Crippen LogP contribution in [-0.4, -0.2) is 34.2 Å². The van der Waals surface area contributed by atoms with Crippen molar-refractivity contribution in [3.8, 4) is 5.69 Å². The highest BCUT2D eigenvalue weighted by atomic mass is 19.1. The summed E-state index contributed by atoms with van der Waals surface area (Å²) in [6.07, 6.45) is 3.62. The van der Waals surface area contributed by atoms with Crippen LogP contribution < -0.4 is 10.6 Å². The van der Waals surface area contributed by atoms with Gasteiger partial charge in [-0.3, -0.25) is 9.59 Å². The number of nitrogens with zero attached hydrogens (tertiary/aromatic N) is 2. The van der Waals surface area contributed by atoms with E-state index in [-0.39, 0.29) is 30.2 Å². The highest BCUT2D eigenvalue weighted by Crippen LogP contribution is 2.27. The normalized spacial score (nSPS) is 13.4. The molecule has 0 unspecified atom stereocenters. The van der Waals surface area contributed by atoms with Crippen LogP contribution >= 0.6 is 0 Å². The lowest BCUT2D eigenvalue weighted by molar-refractivity contribution is -0.120. The lowest BCUT2D eigenvalue weighted by Crippen LogP contribution is -2.40. The van der Waals surface area contributed by atoms with Crippen LogP contribution in [0.1, 0.15) is 48.4 Å². The quantitative estimate of drug-likeness (QED) is 0.860. The fraction of sp³-hybridized carbons (Fsp3) is 0.421. The van der Waals surface area contributed by atoms with Crippen LogP contribution in [0.5, 0.6) is 0 Å². The SMILES string of the molecule is CC(C)NC(=O)CNC(=O)c1nn(-c2ccc(F)cc2)c2c1CCCC2. The molecule has 0 radical (unpaired) electrons. The van der Waals surface area contributed by atoms with E-state index in [0.29, 0.717) is 5.69 Å². The molecule has 1 heterocycles. The molecule has 6 nitrogen and oxygen atoms in total. The van der Waals surface area contributed by atoms with Crippen molar-refractivity contribution in [2.24, 2.45) is 0 Å². The van der Waals surface area contributed by atoms with E-state index < -0.39 is 0 Å². The number of benzene rings is 1. The van der Waals surface area contributed by atoms with Crippen molar-refractivity contribution in [2.45, 2.75) is 45.6 Å². The maximum Gasteiger partial charge on any atom is 0.272 e. The molecule has 1 aromatic carbocycles. The van der Waals surface area contributed by atoms with Crippen molar-refractivity contribution < 1.29 is 14.0 Å². The molecule has 0 saturated carbocycles. The van der Waals surface area contributed by atoms with Crippen LogP contribution in [0.4, 0.5) is 4.39 Å². The number of rotatable bonds is 5. The molecule has 0 atom stereocenters. The van der Waals surface area contributed by atoms with E-state index in [4.69, 9.17) is 0 Å². The maximum absolute atomic E-state index is 13.2. The van der Waals surface area contributed by atoms with Gasteiger partial charge in [0.1, 0.15) is 5.82 Å². The van der Waals surface area contributed by atoms with Gasteiger partial charge < -0.3 is 10.6 Å². The summed E-state index contributed by atoms with van der Waals surface area (Å²) in [6.45, 7) is 3.64. The largest absolute Gasteiger partial charge is 0.352 e. The summed E-state index contributed by atoms with van der Waals surface area (Å²) in [6, 6.07) is 6.07. The van der Waals surface area contributed by atoms with Crippen molar-refractivity contribution >= 4 is 11.8 Å². The number of fused-ring (bicyclic) bond motifs is 1. The fourth-order valence-corrected chi connectivity index (χ4v) is 3.19. The van der Waals surface area contributed by atoms with Crippen LogP contribution in [0.25, 0.3) is 5.69 Å². The van der Waals surface area contributed by atoms with Gasteiger partial charge in [-0.1, -0.05) is 0 Å². The van der Waals surface area contributed by atoms with Crippen LogP contribution in [0, 0.1) is 5.82 Å². The predicted octanol–water partition coefficient (Wildman–Crippen LogP) is 2.14. The molecule has 26 heavy (non-hydrogen) atoms. The van der Waals surface area contributed by atoms with Gasteiger partial charge >= 0.3 is 0 Å². The molecule has 3 rings (SSSR count). The average molecular weight is 358 g/mol. The van der Waals surface area contributed by atoms with Gasteiger partial charge in [-0.2, -0.15) is 5.10 Å². The molecule has 0 fully saturated rings. The molecule has 0 aliphatic heterocycles. The number of aromatic nitrogens is 2. The third-order valence-electron chi connectivity index (χ3n) is 4.33. The van der Waals surface area contributed by atoms with Crippen molar-refractivity contribution in [3.63, 3.8) is 0 Å². The molecule has 0 saturated heterocycles. The predicted molar refractivity (Wildman–Crippen MR) is 95.8 cm³/mol. The highest BCUT2D eigenvalue weighted by molar-refractivity contribution is 5.96. The summed E-state index contributed by atoms with van der Waals surface area (Å²) in [7, 11) is 0. The Morgan fingerprint density at radius 1 is 1.19 bits per heavy atom. The Balaban J connectivity index is 1.84. The summed E-state index contributed by atoms with van der Waals surface area (Å²) in [5.41, 5.74) is 2.98. The lowest BCUT2D eigenvalue weighted by Gasteiger charge is -2.14. The van der Waals surface area contributed by atoms with Crippen LogP contribution in [-0.2, 0) is 17.6 Å². The molecule has 2 aromatic rings. The van der Waals surface area contributed by atoms with Crippen LogP contribution in [0.15, 0.2) is 24.3 Å². The lowest BCUT2D eigenvalue weighted by atomic mass is 9.95. The van der Waals surface area contributed by atoms with E-state index in [2.05, 4.69) is 15.7 Å². The number of hydrogen-bond donors (Lipinski definition) is 2. The van der Waals surface area contributed by atoms with Crippen molar-refractivity contribution in [1.29, 1.82) is 0 Å². The molecular weight excluding hydrogens is 335 g/mol. The van der Waals surface area contributed by atoms with E-state index in [1.54, 1.807) is 16.8 Å². The molecule has 2 amide bonds. The topological polar surface area (TPSA) is 76.0 Å². The molecule has 0 bridgehead atoms. The molecule has 7 heteroatoms. The molecular formula is C19H23FN4O2. The average Bonchev–Trinajstić information content (AvgIpc) is 3.00. The van der Waals surface area contributed by atoms with Crippen molar-refractivity contribution in [1.82, 2.24) is 20.4 Å². The summed E-state index contributed by atoms with van der Waals surface area (Å²) in [5, 5.41) is 9.86. The smallest absolute Gasteiger partial charge is 0.272 e. The Morgan fingerprint density at radius 2 is 1.88 bits per heavy atom. The third kappa shape index (κ3) is 3.92. The molecule has 1 aliphatic carbocycles. The van der Waals surface area contributed by atoms with Gasteiger partial charge in [0, 0.05) is 17.3 Å². The second-order valence-electron chi connectivity index (χ2n) is 6.77. The van der Waals surface area contributed by atoms with Gasteiger partial charge in [-0.05, 0) is 63.8 Å². The van der Waals surface area contributed by atoms with Gasteiger partial charge in [0.05, 0.1) is 12.2 Å². The van der Waals surface area contributed by atoms with Crippen molar-refractivity contribution in [2.75, 3.05) is 6.54 Å². The fourth-order valence-electron chi connectivity index (χ4n) is 3.19. The number of hydrogen-bond acceptors (Lipinski definition) is 3. The third-order valence-corrected chi connectivity index (χ3v) is 4.33. The molecule has 138 valence electrons. The van der Waals surface area contributed by atoms with E-state index in [1.807, 2.05) is 13.8 Å².